The molecule has 3 rings (SSSR count). The Kier molecular flexibility index (Phi) is 5.14. The summed E-state index contributed by atoms with van der Waals surface area (Å²) in [7, 11) is 0. The van der Waals surface area contributed by atoms with E-state index in [9.17, 15) is 9.59 Å². The van der Waals surface area contributed by atoms with Crippen molar-refractivity contribution in [2.75, 3.05) is 5.32 Å². The van der Waals surface area contributed by atoms with E-state index in [2.05, 4.69) is 16.7 Å². The molecule has 0 saturated carbocycles. The van der Waals surface area contributed by atoms with Gasteiger partial charge in [0.25, 0.3) is 0 Å². The number of amides is 2. The number of nitrogens with two attached hydrogens (primary N) is 1. The highest BCUT2D eigenvalue weighted by molar-refractivity contribution is 5.93. The fraction of sp³-hybridized carbons (Fsp3) is 0.300. The molecule has 0 spiro atoms. The normalized spacial score (nSPS) is 15.7. The lowest BCUT2D eigenvalue weighted by Gasteiger charge is -2.21. The predicted molar refractivity (Wildman–Crippen MR) is 97.9 cm³/mol. The minimum absolute atomic E-state index is 0.0523. The number of rotatable bonds is 5. The van der Waals surface area contributed by atoms with Crippen LogP contribution in [0.1, 0.15) is 48.5 Å². The molecule has 2 aromatic carbocycles. The molecule has 1 aliphatic heterocycles. The number of nitrogens with one attached hydrogen (secondary N) is 2. The van der Waals surface area contributed by atoms with Gasteiger partial charge in [0.2, 0.25) is 11.8 Å². The van der Waals surface area contributed by atoms with E-state index < -0.39 is 0 Å². The summed E-state index contributed by atoms with van der Waals surface area (Å²) in [6.45, 7) is 1.95. The first kappa shape index (κ1) is 17.2. The number of fused-ring (bicyclic) bond motifs is 1. The second-order valence-corrected chi connectivity index (χ2v) is 6.48. The molecule has 5 nitrogen and oxygen atoms in total. The molecular formula is C20H23N3O2. The van der Waals surface area contributed by atoms with E-state index in [1.54, 1.807) is 0 Å². The molecule has 4 N–H and O–H groups in total. The lowest BCUT2D eigenvalue weighted by molar-refractivity contribution is -0.122. The monoisotopic (exact) mass is 337 g/mol. The Bertz CT molecular complexity index is 774. The molecule has 5 heteroatoms. The van der Waals surface area contributed by atoms with Crippen molar-refractivity contribution in [2.24, 2.45) is 5.73 Å². The zero-order chi connectivity index (χ0) is 17.8. The van der Waals surface area contributed by atoms with Crippen LogP contribution in [0, 0.1) is 0 Å². The zero-order valence-electron chi connectivity index (χ0n) is 14.3. The summed E-state index contributed by atoms with van der Waals surface area (Å²) in [5.74, 6) is -0.0219. The third-order valence-electron chi connectivity index (χ3n) is 4.54. The van der Waals surface area contributed by atoms with E-state index in [4.69, 9.17) is 5.73 Å². The zero-order valence-corrected chi connectivity index (χ0v) is 14.3. The van der Waals surface area contributed by atoms with Crippen molar-refractivity contribution >= 4 is 17.5 Å². The molecular weight excluding hydrogens is 314 g/mol. The van der Waals surface area contributed by atoms with Crippen LogP contribution in [0.2, 0.25) is 0 Å². The molecule has 2 atom stereocenters. The second-order valence-electron chi connectivity index (χ2n) is 6.48. The smallest absolute Gasteiger partial charge is 0.224 e. The van der Waals surface area contributed by atoms with Gasteiger partial charge >= 0.3 is 0 Å². The molecule has 0 radical (unpaired) electrons. The van der Waals surface area contributed by atoms with Crippen molar-refractivity contribution in [1.82, 2.24) is 5.32 Å². The number of hydrogen-bond donors (Lipinski definition) is 3. The number of carbonyl (C=O) groups excluding carboxylic acids is 2. The van der Waals surface area contributed by atoms with E-state index in [1.807, 2.05) is 49.4 Å². The second kappa shape index (κ2) is 7.49. The standard InChI is InChI=1S/C20H23N3O2/c1-13(15-7-9-18-16(11-15)8-10-19(24)23-18)22-20(25)12-17(21)14-5-3-2-4-6-14/h2-7,9,11,13,17H,8,10,12,21H2,1H3,(H,22,25)(H,23,24). The van der Waals surface area contributed by atoms with Crippen LogP contribution in [-0.2, 0) is 16.0 Å². The summed E-state index contributed by atoms with van der Waals surface area (Å²) in [4.78, 5) is 23.7. The minimum atomic E-state index is -0.313. The fourth-order valence-corrected chi connectivity index (χ4v) is 3.07. The highest BCUT2D eigenvalue weighted by atomic mass is 16.2. The molecule has 2 amide bonds. The van der Waals surface area contributed by atoms with Gasteiger partial charge in [-0.25, -0.2) is 0 Å². The number of hydrogen-bond acceptors (Lipinski definition) is 3. The summed E-state index contributed by atoms with van der Waals surface area (Å²) >= 11 is 0. The average Bonchev–Trinajstić information content (AvgIpc) is 2.61. The SMILES string of the molecule is CC(NC(=O)CC(N)c1ccccc1)c1ccc2c(c1)CCC(=O)N2. The Morgan fingerprint density at radius 1 is 1.16 bits per heavy atom. The van der Waals surface area contributed by atoms with Crippen molar-refractivity contribution in [1.29, 1.82) is 0 Å². The van der Waals surface area contributed by atoms with Crippen LogP contribution < -0.4 is 16.4 Å². The van der Waals surface area contributed by atoms with Gasteiger partial charge < -0.3 is 16.4 Å². The van der Waals surface area contributed by atoms with Crippen LogP contribution in [0.4, 0.5) is 5.69 Å². The summed E-state index contributed by atoms with van der Waals surface area (Å²) in [6, 6.07) is 15.1. The van der Waals surface area contributed by atoms with Crippen LogP contribution >= 0.6 is 0 Å². The van der Waals surface area contributed by atoms with Crippen LogP contribution in [0.5, 0.6) is 0 Å². The highest BCUT2D eigenvalue weighted by Gasteiger charge is 2.18. The molecule has 0 aromatic heterocycles. The summed E-state index contributed by atoms with van der Waals surface area (Å²) < 4.78 is 0. The maximum atomic E-state index is 12.3. The number of anilines is 1. The van der Waals surface area contributed by atoms with E-state index in [0.717, 1.165) is 28.8 Å². The fourth-order valence-electron chi connectivity index (χ4n) is 3.07. The average molecular weight is 337 g/mol. The third-order valence-corrected chi connectivity index (χ3v) is 4.54. The summed E-state index contributed by atoms with van der Waals surface area (Å²) in [5.41, 5.74) is 10.1. The molecule has 1 heterocycles. The third kappa shape index (κ3) is 4.25. The van der Waals surface area contributed by atoms with Crippen LogP contribution in [0.3, 0.4) is 0 Å². The molecule has 0 fully saturated rings. The van der Waals surface area contributed by atoms with Crippen molar-refractivity contribution < 1.29 is 9.59 Å². The Hall–Kier alpha value is -2.66. The molecule has 0 bridgehead atoms. The van der Waals surface area contributed by atoms with E-state index in [-0.39, 0.29) is 30.3 Å². The highest BCUT2D eigenvalue weighted by Crippen LogP contribution is 2.26. The van der Waals surface area contributed by atoms with E-state index in [0.29, 0.717) is 6.42 Å². The van der Waals surface area contributed by atoms with Gasteiger partial charge in [0.15, 0.2) is 0 Å². The van der Waals surface area contributed by atoms with Crippen molar-refractivity contribution in [3.05, 3.63) is 65.2 Å². The van der Waals surface area contributed by atoms with Gasteiger partial charge in [0, 0.05) is 24.6 Å². The summed E-state index contributed by atoms with van der Waals surface area (Å²) in [6.07, 6.45) is 1.48. The molecule has 130 valence electrons. The Morgan fingerprint density at radius 3 is 2.68 bits per heavy atom. The van der Waals surface area contributed by atoms with Crippen LogP contribution in [0.15, 0.2) is 48.5 Å². The quantitative estimate of drug-likeness (QED) is 0.784. The Morgan fingerprint density at radius 2 is 1.92 bits per heavy atom. The number of aryl methyl sites for hydroxylation is 1. The number of carbonyl (C=O) groups is 2. The largest absolute Gasteiger partial charge is 0.350 e. The Balaban J connectivity index is 1.61. The predicted octanol–water partition coefficient (Wildman–Crippen LogP) is 2.84. The first-order chi connectivity index (χ1) is 12.0. The molecule has 2 aromatic rings. The lowest BCUT2D eigenvalue weighted by atomic mass is 9.97. The van der Waals surface area contributed by atoms with E-state index in [1.165, 1.54) is 0 Å². The maximum Gasteiger partial charge on any atom is 0.224 e. The molecule has 1 aliphatic rings. The van der Waals surface area contributed by atoms with Gasteiger partial charge in [-0.3, -0.25) is 9.59 Å². The molecule has 25 heavy (non-hydrogen) atoms. The topological polar surface area (TPSA) is 84.2 Å². The molecule has 0 aliphatic carbocycles. The first-order valence-electron chi connectivity index (χ1n) is 8.55. The summed E-state index contributed by atoms with van der Waals surface area (Å²) in [5, 5.41) is 5.87. The van der Waals surface area contributed by atoms with Crippen molar-refractivity contribution in [3.8, 4) is 0 Å². The van der Waals surface area contributed by atoms with Gasteiger partial charge in [-0.2, -0.15) is 0 Å². The van der Waals surface area contributed by atoms with Gasteiger partial charge in [-0.15, -0.1) is 0 Å². The molecule has 2 unspecified atom stereocenters. The van der Waals surface area contributed by atoms with Crippen molar-refractivity contribution in [3.63, 3.8) is 0 Å². The van der Waals surface area contributed by atoms with Crippen molar-refractivity contribution in [2.45, 2.75) is 38.3 Å². The first-order valence-corrected chi connectivity index (χ1v) is 8.55. The van der Waals surface area contributed by atoms with Crippen LogP contribution in [-0.4, -0.2) is 11.8 Å². The van der Waals surface area contributed by atoms with Gasteiger partial charge in [0.05, 0.1) is 6.04 Å². The Labute approximate surface area is 147 Å². The van der Waals surface area contributed by atoms with E-state index >= 15 is 0 Å². The minimum Gasteiger partial charge on any atom is -0.350 e. The number of benzene rings is 2. The van der Waals surface area contributed by atoms with Crippen LogP contribution in [0.25, 0.3) is 0 Å². The lowest BCUT2D eigenvalue weighted by Crippen LogP contribution is -2.30. The molecule has 0 saturated heterocycles. The maximum absolute atomic E-state index is 12.3. The van der Waals surface area contributed by atoms with Gasteiger partial charge in [-0.05, 0) is 36.1 Å². The van der Waals surface area contributed by atoms with Gasteiger partial charge in [-0.1, -0.05) is 42.5 Å². The van der Waals surface area contributed by atoms with Gasteiger partial charge in [0.1, 0.15) is 0 Å².